The average molecular weight is 298 g/mol. The lowest BCUT2D eigenvalue weighted by atomic mass is 10.0. The Morgan fingerprint density at radius 1 is 0.905 bits per heavy atom. The Morgan fingerprint density at radius 2 is 1.43 bits per heavy atom. The summed E-state index contributed by atoms with van der Waals surface area (Å²) in [6.45, 7) is 6.29. The van der Waals surface area contributed by atoms with E-state index in [1.54, 1.807) is 0 Å². The van der Waals surface area contributed by atoms with Crippen LogP contribution in [0.4, 0.5) is 0 Å². The first-order chi connectivity index (χ1) is 10.1. The number of cyclic esters (lactones) is 1. The molecular weight excluding hydrogens is 264 g/mol. The summed E-state index contributed by atoms with van der Waals surface area (Å²) < 4.78 is 10.9. The number of hydrogen-bond acceptors (Lipinski definition) is 3. The van der Waals surface area contributed by atoms with Crippen molar-refractivity contribution >= 4 is 5.97 Å². The second-order valence-electron chi connectivity index (χ2n) is 6.64. The molecular formula is C18H34O3. The summed E-state index contributed by atoms with van der Waals surface area (Å²) in [7, 11) is 0. The Hall–Kier alpha value is -0.570. The largest absolute Gasteiger partial charge is 0.434 e. The monoisotopic (exact) mass is 298 g/mol. The van der Waals surface area contributed by atoms with Gasteiger partial charge in [0, 0.05) is 5.92 Å². The first-order valence-electron chi connectivity index (χ1n) is 9.01. The highest BCUT2D eigenvalue weighted by Gasteiger charge is 2.36. The summed E-state index contributed by atoms with van der Waals surface area (Å²) in [6.07, 6.45) is 13.3. The minimum Gasteiger partial charge on any atom is -0.434 e. The van der Waals surface area contributed by atoms with Crippen molar-refractivity contribution < 1.29 is 14.3 Å². The van der Waals surface area contributed by atoms with Crippen LogP contribution in [-0.4, -0.2) is 18.4 Å². The molecule has 1 aliphatic heterocycles. The Labute approximate surface area is 130 Å². The first kappa shape index (κ1) is 18.5. The van der Waals surface area contributed by atoms with Gasteiger partial charge < -0.3 is 9.47 Å². The standard InChI is InChI=1S/C18H34O3/c1-4-5-6-7-8-9-10-11-12-13-14-16-17(19)21-18(20-16)15(2)3/h15-16,18H,4-14H2,1-3H3/t16-,18+/m1/s1. The molecule has 0 amide bonds. The number of hydrogen-bond donors (Lipinski definition) is 0. The predicted molar refractivity (Wildman–Crippen MR) is 86.1 cm³/mol. The van der Waals surface area contributed by atoms with Gasteiger partial charge in [0.25, 0.3) is 0 Å². The number of esters is 1. The van der Waals surface area contributed by atoms with Gasteiger partial charge in [-0.1, -0.05) is 85.0 Å². The van der Waals surface area contributed by atoms with Gasteiger partial charge in [-0.05, 0) is 6.42 Å². The molecule has 0 unspecified atom stereocenters. The summed E-state index contributed by atoms with van der Waals surface area (Å²) in [5.41, 5.74) is 0. The normalized spacial score (nSPS) is 22.0. The SMILES string of the molecule is CCCCCCCCCCCC[C@H]1O[C@H](C(C)C)OC1=O. The molecule has 0 aromatic carbocycles. The summed E-state index contributed by atoms with van der Waals surface area (Å²) in [4.78, 5) is 11.6. The highest BCUT2D eigenvalue weighted by atomic mass is 16.8. The molecule has 0 aromatic heterocycles. The molecule has 2 atom stereocenters. The van der Waals surface area contributed by atoms with Crippen LogP contribution in [0, 0.1) is 5.92 Å². The lowest BCUT2D eigenvalue weighted by Gasteiger charge is -2.12. The van der Waals surface area contributed by atoms with Crippen LogP contribution in [0.2, 0.25) is 0 Å². The summed E-state index contributed by atoms with van der Waals surface area (Å²) in [5, 5.41) is 0. The highest BCUT2D eigenvalue weighted by Crippen LogP contribution is 2.23. The number of carbonyl (C=O) groups is 1. The van der Waals surface area contributed by atoms with Gasteiger partial charge >= 0.3 is 5.97 Å². The summed E-state index contributed by atoms with van der Waals surface area (Å²) in [5.74, 6) is 0.0799. The zero-order valence-corrected chi connectivity index (χ0v) is 14.2. The fourth-order valence-electron chi connectivity index (χ4n) is 2.73. The van der Waals surface area contributed by atoms with Crippen LogP contribution < -0.4 is 0 Å². The van der Waals surface area contributed by atoms with Crippen molar-refractivity contribution in [3.8, 4) is 0 Å². The van der Waals surface area contributed by atoms with Gasteiger partial charge in [-0.2, -0.15) is 0 Å². The van der Waals surface area contributed by atoms with E-state index in [9.17, 15) is 4.79 Å². The predicted octanol–water partition coefficient (Wildman–Crippen LogP) is 5.22. The molecule has 1 fully saturated rings. The molecule has 1 aliphatic rings. The van der Waals surface area contributed by atoms with Gasteiger partial charge in [-0.25, -0.2) is 4.79 Å². The molecule has 3 nitrogen and oxygen atoms in total. The maximum Gasteiger partial charge on any atom is 0.337 e. The van der Waals surface area contributed by atoms with E-state index in [4.69, 9.17) is 9.47 Å². The van der Waals surface area contributed by atoms with Crippen molar-refractivity contribution in [2.45, 2.75) is 104 Å². The summed E-state index contributed by atoms with van der Waals surface area (Å²) in [6, 6.07) is 0. The topological polar surface area (TPSA) is 35.5 Å². The van der Waals surface area contributed by atoms with Gasteiger partial charge in [0.15, 0.2) is 6.10 Å². The molecule has 0 aromatic rings. The minimum absolute atomic E-state index is 0.162. The maximum atomic E-state index is 11.6. The van der Waals surface area contributed by atoms with Crippen LogP contribution >= 0.6 is 0 Å². The second-order valence-corrected chi connectivity index (χ2v) is 6.64. The van der Waals surface area contributed by atoms with Crippen LogP contribution in [-0.2, 0) is 14.3 Å². The van der Waals surface area contributed by atoms with Gasteiger partial charge in [0.1, 0.15) is 0 Å². The number of unbranched alkanes of at least 4 members (excludes halogenated alkanes) is 9. The molecule has 0 spiro atoms. The van der Waals surface area contributed by atoms with Crippen molar-refractivity contribution in [1.29, 1.82) is 0 Å². The zero-order chi connectivity index (χ0) is 15.5. The van der Waals surface area contributed by atoms with E-state index in [0.29, 0.717) is 0 Å². The molecule has 1 rings (SSSR count). The van der Waals surface area contributed by atoms with Crippen molar-refractivity contribution in [1.82, 2.24) is 0 Å². The molecule has 0 bridgehead atoms. The van der Waals surface area contributed by atoms with Crippen LogP contribution in [0.5, 0.6) is 0 Å². The van der Waals surface area contributed by atoms with E-state index in [1.807, 2.05) is 13.8 Å². The van der Waals surface area contributed by atoms with Crippen molar-refractivity contribution in [2.75, 3.05) is 0 Å². The van der Waals surface area contributed by atoms with E-state index in [-0.39, 0.29) is 24.3 Å². The molecule has 124 valence electrons. The lowest BCUT2D eigenvalue weighted by Crippen LogP contribution is -2.17. The number of ether oxygens (including phenoxy) is 2. The van der Waals surface area contributed by atoms with Crippen LogP contribution in [0.1, 0.15) is 91.4 Å². The van der Waals surface area contributed by atoms with Crippen molar-refractivity contribution in [3.05, 3.63) is 0 Å². The zero-order valence-electron chi connectivity index (χ0n) is 14.2. The quantitative estimate of drug-likeness (QED) is 0.366. The first-order valence-corrected chi connectivity index (χ1v) is 9.01. The molecule has 0 aliphatic carbocycles. The van der Waals surface area contributed by atoms with Crippen LogP contribution in [0.25, 0.3) is 0 Å². The molecule has 0 radical (unpaired) electrons. The lowest BCUT2D eigenvalue weighted by molar-refractivity contribution is -0.146. The van der Waals surface area contributed by atoms with E-state index >= 15 is 0 Å². The Balaban J connectivity index is 1.92. The average Bonchev–Trinajstić information content (AvgIpc) is 2.82. The van der Waals surface area contributed by atoms with Gasteiger partial charge in [0.05, 0.1) is 0 Å². The smallest absolute Gasteiger partial charge is 0.337 e. The minimum atomic E-state index is -0.328. The molecule has 21 heavy (non-hydrogen) atoms. The summed E-state index contributed by atoms with van der Waals surface area (Å²) >= 11 is 0. The highest BCUT2D eigenvalue weighted by molar-refractivity contribution is 5.76. The van der Waals surface area contributed by atoms with Crippen molar-refractivity contribution in [3.63, 3.8) is 0 Å². The molecule has 3 heteroatoms. The third kappa shape index (κ3) is 7.85. The Bertz CT molecular complexity index is 276. The van der Waals surface area contributed by atoms with Gasteiger partial charge in [0.2, 0.25) is 6.29 Å². The number of carbonyl (C=O) groups excluding carboxylic acids is 1. The molecule has 0 N–H and O–H groups in total. The van der Waals surface area contributed by atoms with Crippen molar-refractivity contribution in [2.24, 2.45) is 5.92 Å². The third-order valence-corrected chi connectivity index (χ3v) is 4.16. The van der Waals surface area contributed by atoms with Crippen LogP contribution in [0.15, 0.2) is 0 Å². The van der Waals surface area contributed by atoms with Crippen LogP contribution in [0.3, 0.4) is 0 Å². The van der Waals surface area contributed by atoms with E-state index in [2.05, 4.69) is 6.92 Å². The van der Waals surface area contributed by atoms with Gasteiger partial charge in [-0.3, -0.25) is 0 Å². The van der Waals surface area contributed by atoms with E-state index < -0.39 is 0 Å². The fourth-order valence-corrected chi connectivity index (χ4v) is 2.73. The van der Waals surface area contributed by atoms with E-state index in [0.717, 1.165) is 12.8 Å². The third-order valence-electron chi connectivity index (χ3n) is 4.16. The van der Waals surface area contributed by atoms with Gasteiger partial charge in [-0.15, -0.1) is 0 Å². The fraction of sp³-hybridized carbons (Fsp3) is 0.944. The maximum absolute atomic E-state index is 11.6. The number of rotatable bonds is 12. The second kappa shape index (κ2) is 11.1. The molecule has 1 saturated heterocycles. The van der Waals surface area contributed by atoms with E-state index in [1.165, 1.54) is 57.8 Å². The Morgan fingerprint density at radius 3 is 1.90 bits per heavy atom. The Kier molecular flexibility index (Phi) is 9.73. The molecule has 0 saturated carbocycles. The molecule has 1 heterocycles.